The van der Waals surface area contributed by atoms with Crippen molar-refractivity contribution in [3.8, 4) is 11.3 Å². The number of carbonyl (C=O) groups excluding carboxylic acids is 1. The molecule has 0 spiro atoms. The summed E-state index contributed by atoms with van der Waals surface area (Å²) < 4.78 is 0. The van der Waals surface area contributed by atoms with Crippen LogP contribution in [0.15, 0.2) is 48.7 Å². The molecule has 2 aromatic rings. The Hall–Kier alpha value is -2.24. The molecule has 1 aromatic heterocycles. The third kappa shape index (κ3) is 3.80. The highest BCUT2D eigenvalue weighted by Gasteiger charge is 2.34. The Labute approximate surface area is 142 Å². The van der Waals surface area contributed by atoms with Crippen LogP contribution in [-0.4, -0.2) is 41.0 Å². The Kier molecular flexibility index (Phi) is 5.23. The average molecular weight is 324 g/mol. The van der Waals surface area contributed by atoms with E-state index in [4.69, 9.17) is 5.73 Å². The van der Waals surface area contributed by atoms with Crippen molar-refractivity contribution in [1.29, 1.82) is 0 Å². The molecule has 3 N–H and O–H groups in total. The fourth-order valence-electron chi connectivity index (χ4n) is 3.23. The molecule has 2 heterocycles. The number of pyridine rings is 1. The molecule has 1 aromatic carbocycles. The molecule has 1 fully saturated rings. The fraction of sp³-hybridized carbons (Fsp3) is 0.368. The largest absolute Gasteiger partial charge is 0.355 e. The van der Waals surface area contributed by atoms with Gasteiger partial charge in [-0.3, -0.25) is 14.7 Å². The van der Waals surface area contributed by atoms with Crippen LogP contribution in [0, 0.1) is 0 Å². The van der Waals surface area contributed by atoms with Crippen molar-refractivity contribution in [2.75, 3.05) is 13.1 Å². The molecule has 2 atom stereocenters. The summed E-state index contributed by atoms with van der Waals surface area (Å²) in [7, 11) is 0. The molecule has 3 rings (SSSR count). The summed E-state index contributed by atoms with van der Waals surface area (Å²) in [6, 6.07) is 14.2. The molecule has 0 unspecified atom stereocenters. The second-order valence-corrected chi connectivity index (χ2v) is 6.25. The van der Waals surface area contributed by atoms with Gasteiger partial charge in [0.2, 0.25) is 5.91 Å². The summed E-state index contributed by atoms with van der Waals surface area (Å²) in [6.45, 7) is 4.08. The number of amides is 1. The Morgan fingerprint density at radius 1 is 1.29 bits per heavy atom. The van der Waals surface area contributed by atoms with Crippen molar-refractivity contribution < 1.29 is 4.79 Å². The quantitative estimate of drug-likeness (QED) is 0.879. The zero-order valence-electron chi connectivity index (χ0n) is 14.0. The summed E-state index contributed by atoms with van der Waals surface area (Å²) >= 11 is 0. The second kappa shape index (κ2) is 7.55. The monoisotopic (exact) mass is 324 g/mol. The number of likely N-dealkylation sites (tertiary alicyclic amines) is 1. The molecule has 1 amide bonds. The number of carbonyl (C=O) groups is 1. The van der Waals surface area contributed by atoms with Gasteiger partial charge in [0.05, 0.1) is 11.7 Å². The molecular weight excluding hydrogens is 300 g/mol. The lowest BCUT2D eigenvalue weighted by molar-refractivity contribution is -0.125. The molecule has 0 aliphatic carbocycles. The van der Waals surface area contributed by atoms with E-state index in [0.717, 1.165) is 30.8 Å². The minimum atomic E-state index is -0.129. The van der Waals surface area contributed by atoms with Crippen LogP contribution in [0.25, 0.3) is 11.3 Å². The van der Waals surface area contributed by atoms with Crippen molar-refractivity contribution in [1.82, 2.24) is 15.2 Å². The number of nitrogens with zero attached hydrogens (tertiary/aromatic N) is 2. The van der Waals surface area contributed by atoms with E-state index < -0.39 is 0 Å². The Balaban J connectivity index is 1.70. The molecule has 0 saturated carbocycles. The zero-order valence-corrected chi connectivity index (χ0v) is 14.0. The number of hydrogen-bond acceptors (Lipinski definition) is 4. The van der Waals surface area contributed by atoms with Gasteiger partial charge < -0.3 is 11.1 Å². The van der Waals surface area contributed by atoms with Gasteiger partial charge in [0.1, 0.15) is 0 Å². The summed E-state index contributed by atoms with van der Waals surface area (Å²) in [5.74, 6) is 0.0792. The maximum Gasteiger partial charge on any atom is 0.237 e. The fourth-order valence-corrected chi connectivity index (χ4v) is 3.23. The number of benzene rings is 1. The Morgan fingerprint density at radius 3 is 2.75 bits per heavy atom. The van der Waals surface area contributed by atoms with Crippen LogP contribution in [-0.2, 0) is 11.3 Å². The van der Waals surface area contributed by atoms with Crippen LogP contribution in [0.5, 0.6) is 0 Å². The van der Waals surface area contributed by atoms with Gasteiger partial charge in [0.15, 0.2) is 0 Å². The van der Waals surface area contributed by atoms with E-state index in [2.05, 4.69) is 39.5 Å². The van der Waals surface area contributed by atoms with Gasteiger partial charge in [-0.25, -0.2) is 0 Å². The van der Waals surface area contributed by atoms with Crippen LogP contribution in [0.2, 0.25) is 0 Å². The molecule has 24 heavy (non-hydrogen) atoms. The van der Waals surface area contributed by atoms with E-state index in [1.54, 1.807) is 6.20 Å². The van der Waals surface area contributed by atoms with Crippen LogP contribution >= 0.6 is 0 Å². The summed E-state index contributed by atoms with van der Waals surface area (Å²) in [5, 5.41) is 2.91. The van der Waals surface area contributed by atoms with E-state index >= 15 is 0 Å². The molecule has 1 aliphatic rings. The lowest BCUT2D eigenvalue weighted by Gasteiger charge is -2.23. The van der Waals surface area contributed by atoms with Crippen molar-refractivity contribution in [3.63, 3.8) is 0 Å². The molecule has 126 valence electrons. The van der Waals surface area contributed by atoms with Gasteiger partial charge in [0, 0.05) is 37.4 Å². The standard InChI is InChI=1S/C19H24N4O/c1-2-21-19(24)18-11-16(20)13-23(18)12-14-6-8-15(9-7-14)17-5-3-4-10-22-17/h3-10,16,18H,2,11-13,20H2,1H3,(H,21,24)/t16-,18+/m1/s1. The first kappa shape index (κ1) is 16.6. The first-order valence-electron chi connectivity index (χ1n) is 8.45. The van der Waals surface area contributed by atoms with E-state index in [9.17, 15) is 4.79 Å². The van der Waals surface area contributed by atoms with E-state index in [1.807, 2.05) is 25.1 Å². The molecule has 1 aliphatic heterocycles. The Morgan fingerprint density at radius 2 is 2.08 bits per heavy atom. The number of likely N-dealkylation sites (N-methyl/N-ethyl adjacent to an activating group) is 1. The van der Waals surface area contributed by atoms with Crippen LogP contribution < -0.4 is 11.1 Å². The lowest BCUT2D eigenvalue weighted by Crippen LogP contribution is -2.42. The van der Waals surface area contributed by atoms with Gasteiger partial charge in [-0.05, 0) is 31.0 Å². The molecule has 5 nitrogen and oxygen atoms in total. The van der Waals surface area contributed by atoms with Crippen molar-refractivity contribution in [2.24, 2.45) is 5.73 Å². The van der Waals surface area contributed by atoms with Crippen molar-refractivity contribution in [2.45, 2.75) is 32.0 Å². The van der Waals surface area contributed by atoms with Crippen LogP contribution in [0.4, 0.5) is 0 Å². The lowest BCUT2D eigenvalue weighted by atomic mass is 10.1. The van der Waals surface area contributed by atoms with Gasteiger partial charge in [-0.15, -0.1) is 0 Å². The third-order valence-corrected chi connectivity index (χ3v) is 4.39. The molecule has 1 saturated heterocycles. The maximum absolute atomic E-state index is 12.2. The van der Waals surface area contributed by atoms with Crippen LogP contribution in [0.1, 0.15) is 18.9 Å². The topological polar surface area (TPSA) is 71.2 Å². The van der Waals surface area contributed by atoms with Gasteiger partial charge >= 0.3 is 0 Å². The first-order chi connectivity index (χ1) is 11.7. The zero-order chi connectivity index (χ0) is 16.9. The van der Waals surface area contributed by atoms with Crippen molar-refractivity contribution >= 4 is 5.91 Å². The van der Waals surface area contributed by atoms with Gasteiger partial charge in [0.25, 0.3) is 0 Å². The molecule has 0 radical (unpaired) electrons. The van der Waals surface area contributed by atoms with E-state index in [0.29, 0.717) is 6.54 Å². The number of rotatable bonds is 5. The highest BCUT2D eigenvalue weighted by molar-refractivity contribution is 5.82. The third-order valence-electron chi connectivity index (χ3n) is 4.39. The predicted molar refractivity (Wildman–Crippen MR) is 95.1 cm³/mol. The molecular formula is C19H24N4O. The average Bonchev–Trinajstić information content (AvgIpc) is 2.97. The van der Waals surface area contributed by atoms with E-state index in [1.165, 1.54) is 5.56 Å². The minimum Gasteiger partial charge on any atom is -0.355 e. The van der Waals surface area contributed by atoms with E-state index in [-0.39, 0.29) is 18.0 Å². The number of nitrogens with two attached hydrogens (primary N) is 1. The first-order valence-corrected chi connectivity index (χ1v) is 8.45. The number of hydrogen-bond donors (Lipinski definition) is 2. The summed E-state index contributed by atoms with van der Waals surface area (Å²) in [4.78, 5) is 18.8. The maximum atomic E-state index is 12.2. The Bertz CT molecular complexity index is 672. The number of aromatic nitrogens is 1. The smallest absolute Gasteiger partial charge is 0.237 e. The molecule has 0 bridgehead atoms. The van der Waals surface area contributed by atoms with Crippen molar-refractivity contribution in [3.05, 3.63) is 54.2 Å². The van der Waals surface area contributed by atoms with Gasteiger partial charge in [-0.1, -0.05) is 30.3 Å². The minimum absolute atomic E-state index is 0.0606. The highest BCUT2D eigenvalue weighted by atomic mass is 16.2. The van der Waals surface area contributed by atoms with Gasteiger partial charge in [-0.2, -0.15) is 0 Å². The SMILES string of the molecule is CCNC(=O)[C@@H]1C[C@@H](N)CN1Cc1ccc(-c2ccccn2)cc1. The molecule has 5 heteroatoms. The summed E-state index contributed by atoms with van der Waals surface area (Å²) in [6.07, 6.45) is 2.52. The number of nitrogens with one attached hydrogen (secondary N) is 1. The summed E-state index contributed by atoms with van der Waals surface area (Å²) in [5.41, 5.74) is 9.31. The highest BCUT2D eigenvalue weighted by Crippen LogP contribution is 2.22. The van der Waals surface area contributed by atoms with Crippen LogP contribution in [0.3, 0.4) is 0 Å². The normalized spacial score (nSPS) is 20.9. The second-order valence-electron chi connectivity index (χ2n) is 6.25. The predicted octanol–water partition coefficient (Wildman–Crippen LogP) is 1.79.